The summed E-state index contributed by atoms with van der Waals surface area (Å²) in [5.74, 6) is 2.27. The number of aryl methyl sites for hydroxylation is 1. The van der Waals surface area contributed by atoms with E-state index in [1.807, 2.05) is 13.0 Å². The average molecular weight is 611 g/mol. The van der Waals surface area contributed by atoms with Crippen LogP contribution in [0.5, 0.6) is 5.88 Å². The first-order chi connectivity index (χ1) is 21.2. The molecular formula is C32H33F3N4O5. The quantitative estimate of drug-likeness (QED) is 0.263. The van der Waals surface area contributed by atoms with Crippen molar-refractivity contribution in [1.82, 2.24) is 9.97 Å². The van der Waals surface area contributed by atoms with Crippen LogP contribution in [-0.2, 0) is 20.4 Å². The van der Waals surface area contributed by atoms with E-state index in [1.54, 1.807) is 12.3 Å². The molecule has 0 bridgehead atoms. The van der Waals surface area contributed by atoms with Gasteiger partial charge >= 0.3 is 6.18 Å². The molecule has 2 fully saturated rings. The van der Waals surface area contributed by atoms with Crippen LogP contribution in [0.1, 0.15) is 34.5 Å². The minimum absolute atomic E-state index is 0.113. The number of amides is 1. The summed E-state index contributed by atoms with van der Waals surface area (Å²) in [5, 5.41) is 2.67. The van der Waals surface area contributed by atoms with Gasteiger partial charge in [0.25, 0.3) is 5.91 Å². The lowest BCUT2D eigenvalue weighted by atomic mass is 10.0. The maximum atomic E-state index is 13.2. The van der Waals surface area contributed by atoms with Crippen LogP contribution < -0.4 is 15.0 Å². The first-order valence-corrected chi connectivity index (χ1v) is 14.3. The first kappa shape index (κ1) is 31.3. The van der Waals surface area contributed by atoms with Crippen molar-refractivity contribution in [2.24, 2.45) is 0 Å². The topological polar surface area (TPSA) is 95.0 Å². The van der Waals surface area contributed by atoms with Crippen molar-refractivity contribution in [2.75, 3.05) is 56.3 Å². The van der Waals surface area contributed by atoms with Gasteiger partial charge in [-0.1, -0.05) is 12.0 Å². The number of ether oxygens (including phenoxy) is 4. The zero-order chi connectivity index (χ0) is 31.1. The molecule has 2 aliphatic heterocycles. The maximum Gasteiger partial charge on any atom is 0.416 e. The number of benzene rings is 1. The number of morpholine rings is 1. The first-order valence-electron chi connectivity index (χ1n) is 14.3. The van der Waals surface area contributed by atoms with Crippen molar-refractivity contribution in [1.29, 1.82) is 0 Å². The zero-order valence-corrected chi connectivity index (χ0v) is 24.2. The Hall–Kier alpha value is -4.18. The van der Waals surface area contributed by atoms with Crippen molar-refractivity contribution in [3.8, 4) is 29.4 Å². The lowest BCUT2D eigenvalue weighted by Gasteiger charge is -2.33. The number of terminal acetylenes is 1. The molecule has 2 saturated heterocycles. The van der Waals surface area contributed by atoms with Crippen molar-refractivity contribution < 1.29 is 36.9 Å². The number of halogens is 3. The minimum atomic E-state index is -4.56. The molecule has 2 aromatic heterocycles. The molecule has 0 spiro atoms. The fourth-order valence-corrected chi connectivity index (χ4v) is 5.12. The van der Waals surface area contributed by atoms with Crippen molar-refractivity contribution >= 4 is 17.3 Å². The molecule has 2 atom stereocenters. The van der Waals surface area contributed by atoms with Gasteiger partial charge in [-0.25, -0.2) is 4.98 Å². The molecular weight excluding hydrogens is 577 g/mol. The van der Waals surface area contributed by atoms with Crippen LogP contribution in [0.15, 0.2) is 48.8 Å². The molecule has 1 aromatic carbocycles. The van der Waals surface area contributed by atoms with Crippen molar-refractivity contribution in [3.05, 3.63) is 65.6 Å². The van der Waals surface area contributed by atoms with Gasteiger partial charge < -0.3 is 29.2 Å². The summed E-state index contributed by atoms with van der Waals surface area (Å²) >= 11 is 0. The Morgan fingerprint density at radius 3 is 2.75 bits per heavy atom. The number of nitrogens with one attached hydrogen (secondary N) is 1. The summed E-state index contributed by atoms with van der Waals surface area (Å²) < 4.78 is 62.7. The predicted octanol–water partition coefficient (Wildman–Crippen LogP) is 5.14. The number of hydrogen-bond acceptors (Lipinski definition) is 8. The number of carbonyl (C=O) groups excluding carboxylic acids is 1. The Balaban J connectivity index is 1.38. The van der Waals surface area contributed by atoms with E-state index >= 15 is 0 Å². The lowest BCUT2D eigenvalue weighted by molar-refractivity contribution is -0.137. The summed E-state index contributed by atoms with van der Waals surface area (Å²) in [6.45, 7) is 5.41. The maximum absolute atomic E-state index is 13.2. The molecule has 2 aliphatic rings. The molecule has 0 unspecified atom stereocenters. The van der Waals surface area contributed by atoms with E-state index in [0.717, 1.165) is 23.4 Å². The molecule has 0 aliphatic carbocycles. The minimum Gasteiger partial charge on any atom is -0.473 e. The van der Waals surface area contributed by atoms with Gasteiger partial charge in [0.1, 0.15) is 18.4 Å². The Kier molecular flexibility index (Phi) is 9.99. The van der Waals surface area contributed by atoms with Gasteiger partial charge in [-0.2, -0.15) is 13.2 Å². The molecule has 0 saturated carbocycles. The van der Waals surface area contributed by atoms with Gasteiger partial charge in [-0.3, -0.25) is 9.78 Å². The molecule has 12 heteroatoms. The molecule has 3 aromatic rings. The van der Waals surface area contributed by atoms with E-state index in [-0.39, 0.29) is 24.4 Å². The molecule has 5 rings (SSSR count). The van der Waals surface area contributed by atoms with Gasteiger partial charge in [0.2, 0.25) is 5.88 Å². The highest BCUT2D eigenvalue weighted by Gasteiger charge is 2.31. The number of rotatable bonds is 9. The van der Waals surface area contributed by atoms with Crippen LogP contribution in [0, 0.1) is 19.3 Å². The summed E-state index contributed by atoms with van der Waals surface area (Å²) in [6.07, 6.45) is 4.96. The van der Waals surface area contributed by atoms with Gasteiger partial charge in [-0.05, 0) is 37.3 Å². The second-order valence-corrected chi connectivity index (χ2v) is 10.5. The van der Waals surface area contributed by atoms with Crippen LogP contribution in [0.3, 0.4) is 0 Å². The summed E-state index contributed by atoms with van der Waals surface area (Å²) in [7, 11) is 0. The van der Waals surface area contributed by atoms with Crippen molar-refractivity contribution in [3.63, 3.8) is 0 Å². The molecule has 232 valence electrons. The number of hydrogen-bond donors (Lipinski definition) is 1. The number of alkyl halides is 3. The molecule has 44 heavy (non-hydrogen) atoms. The number of anilines is 2. The van der Waals surface area contributed by atoms with Crippen LogP contribution >= 0.6 is 0 Å². The normalized spacial score (nSPS) is 18.8. The third-order valence-corrected chi connectivity index (χ3v) is 7.38. The van der Waals surface area contributed by atoms with Gasteiger partial charge in [-0.15, -0.1) is 6.42 Å². The van der Waals surface area contributed by atoms with Gasteiger partial charge in [0.15, 0.2) is 0 Å². The van der Waals surface area contributed by atoms with E-state index < -0.39 is 17.6 Å². The van der Waals surface area contributed by atoms with Crippen LogP contribution in [-0.4, -0.2) is 74.2 Å². The van der Waals surface area contributed by atoms with Gasteiger partial charge in [0.05, 0.1) is 50.0 Å². The van der Waals surface area contributed by atoms with Crippen LogP contribution in [0.4, 0.5) is 24.5 Å². The van der Waals surface area contributed by atoms with Gasteiger partial charge in [0, 0.05) is 54.5 Å². The van der Waals surface area contributed by atoms with Crippen molar-refractivity contribution in [2.45, 2.75) is 38.1 Å². The smallest absolute Gasteiger partial charge is 0.416 e. The summed E-state index contributed by atoms with van der Waals surface area (Å²) in [5.41, 5.74) is 2.26. The third kappa shape index (κ3) is 7.85. The second-order valence-electron chi connectivity index (χ2n) is 10.5. The summed E-state index contributed by atoms with van der Waals surface area (Å²) in [4.78, 5) is 24.1. The Morgan fingerprint density at radius 1 is 1.16 bits per heavy atom. The number of aromatic nitrogens is 2. The van der Waals surface area contributed by atoms with E-state index in [2.05, 4.69) is 21.1 Å². The highest BCUT2D eigenvalue weighted by atomic mass is 19.4. The average Bonchev–Trinajstić information content (AvgIpc) is 3.03. The van der Waals surface area contributed by atoms with E-state index in [4.69, 9.17) is 30.4 Å². The van der Waals surface area contributed by atoms with E-state index in [9.17, 15) is 18.0 Å². The number of nitrogens with zero attached hydrogens (tertiary/aromatic N) is 3. The van der Waals surface area contributed by atoms with Crippen LogP contribution in [0.25, 0.3) is 11.1 Å². The monoisotopic (exact) mass is 610 g/mol. The van der Waals surface area contributed by atoms with E-state index in [1.165, 1.54) is 18.3 Å². The third-order valence-electron chi connectivity index (χ3n) is 7.38. The predicted molar refractivity (Wildman–Crippen MR) is 158 cm³/mol. The molecule has 1 amide bonds. The second kappa shape index (κ2) is 14.1. The summed E-state index contributed by atoms with van der Waals surface area (Å²) in [6, 6.07) is 7.98. The highest BCUT2D eigenvalue weighted by Crippen LogP contribution is 2.35. The molecule has 4 heterocycles. The SMILES string of the molecule is C#CCOC[C@H]1C[C@@H](Oc2ncc(-c3cc(NC(=O)c4cccc(C(F)(F)F)c4)cnc3C)cc2N2CCOCC2)CCO1. The number of pyridine rings is 2. The standard InChI is InChI=1S/C32H33F3N4O5/c1-3-10-42-20-27-17-26(7-11-43-27)44-31-29(39-8-12-41-13-9-39)15-23(18-37-31)28-16-25(19-36-21(28)2)38-30(40)22-5-4-6-24(14-22)32(33,34)35/h1,4-6,14-16,18-19,26-27H,7-13,17,20H2,2H3,(H,38,40)/t26-,27+/m0/s1. The molecule has 1 N–H and O–H groups in total. The van der Waals surface area contributed by atoms with E-state index in [0.29, 0.717) is 75.2 Å². The Bertz CT molecular complexity index is 1500. The Labute approximate surface area is 253 Å². The lowest BCUT2D eigenvalue weighted by Crippen LogP contribution is -2.38. The number of carbonyl (C=O) groups is 1. The molecule has 0 radical (unpaired) electrons. The zero-order valence-electron chi connectivity index (χ0n) is 24.2. The molecule has 9 nitrogen and oxygen atoms in total. The van der Waals surface area contributed by atoms with Crippen LogP contribution in [0.2, 0.25) is 0 Å². The Morgan fingerprint density at radius 2 is 1.98 bits per heavy atom. The fraction of sp³-hybridized carbons (Fsp3) is 0.406. The largest absolute Gasteiger partial charge is 0.473 e. The highest BCUT2D eigenvalue weighted by molar-refractivity contribution is 6.04. The fourth-order valence-electron chi connectivity index (χ4n) is 5.12.